The van der Waals surface area contributed by atoms with E-state index >= 15 is 0 Å². The van der Waals surface area contributed by atoms with E-state index in [1.807, 2.05) is 12.3 Å². The van der Waals surface area contributed by atoms with Gasteiger partial charge in [0.05, 0.1) is 0 Å². The number of hydrogen-bond donors (Lipinski definition) is 1. The summed E-state index contributed by atoms with van der Waals surface area (Å²) in [6.07, 6.45) is 3.67. The monoisotopic (exact) mass is 175 g/mol. The third kappa shape index (κ3) is 1.18. The van der Waals surface area contributed by atoms with Crippen LogP contribution in [-0.2, 0) is 0 Å². The van der Waals surface area contributed by atoms with Crippen LogP contribution in [0.1, 0.15) is 5.56 Å². The van der Waals surface area contributed by atoms with E-state index in [9.17, 15) is 0 Å². The first-order chi connectivity index (χ1) is 5.77. The van der Waals surface area contributed by atoms with Crippen molar-refractivity contribution in [2.45, 2.75) is 11.8 Å². The van der Waals surface area contributed by atoms with E-state index in [1.54, 1.807) is 6.20 Å². The lowest BCUT2D eigenvalue weighted by Crippen LogP contribution is -1.79. The molecular weight excluding hydrogens is 166 g/mol. The Labute approximate surface area is 76.9 Å². The zero-order valence-corrected chi connectivity index (χ0v) is 7.68. The van der Waals surface area contributed by atoms with Crippen molar-refractivity contribution < 1.29 is 0 Å². The Bertz CT molecular complexity index is 383. The first kappa shape index (κ1) is 7.62. The summed E-state index contributed by atoms with van der Waals surface area (Å²) in [5.74, 6) is 0. The largest absolute Gasteiger partial charge is 0.264 e. The van der Waals surface area contributed by atoms with Crippen LogP contribution < -0.4 is 0 Å². The van der Waals surface area contributed by atoms with Crippen molar-refractivity contribution in [1.82, 2.24) is 4.98 Å². The smallest absolute Gasteiger partial charge is 0.0346 e. The molecule has 2 rings (SSSR count). The van der Waals surface area contributed by atoms with E-state index in [0.29, 0.717) is 0 Å². The van der Waals surface area contributed by atoms with Gasteiger partial charge in [0.2, 0.25) is 0 Å². The first-order valence-corrected chi connectivity index (χ1v) is 4.25. The maximum Gasteiger partial charge on any atom is 0.0346 e. The molecule has 0 aliphatic carbocycles. The van der Waals surface area contributed by atoms with Crippen molar-refractivity contribution in [2.24, 2.45) is 0 Å². The molecule has 1 aromatic heterocycles. The van der Waals surface area contributed by atoms with Crippen LogP contribution >= 0.6 is 12.6 Å². The third-order valence-electron chi connectivity index (χ3n) is 1.96. The van der Waals surface area contributed by atoms with Crippen LogP contribution in [0.5, 0.6) is 0 Å². The number of benzene rings is 1. The second-order valence-corrected chi connectivity index (χ2v) is 3.34. The van der Waals surface area contributed by atoms with Gasteiger partial charge in [-0.25, -0.2) is 0 Å². The van der Waals surface area contributed by atoms with E-state index in [-0.39, 0.29) is 0 Å². The van der Waals surface area contributed by atoms with Gasteiger partial charge in [0.15, 0.2) is 0 Å². The summed E-state index contributed by atoms with van der Waals surface area (Å²) in [6, 6.07) is 6.16. The Hall–Kier alpha value is -1.02. The molecule has 1 aromatic carbocycles. The number of fused-ring (bicyclic) bond motifs is 1. The van der Waals surface area contributed by atoms with Crippen LogP contribution in [0.2, 0.25) is 0 Å². The van der Waals surface area contributed by atoms with Gasteiger partial charge in [-0.1, -0.05) is 0 Å². The molecule has 0 unspecified atom stereocenters. The lowest BCUT2D eigenvalue weighted by atomic mass is 10.1. The fourth-order valence-corrected chi connectivity index (χ4v) is 1.44. The van der Waals surface area contributed by atoms with Gasteiger partial charge in [-0.2, -0.15) is 0 Å². The molecule has 1 heterocycles. The van der Waals surface area contributed by atoms with Gasteiger partial charge in [0.25, 0.3) is 0 Å². The van der Waals surface area contributed by atoms with Gasteiger partial charge in [-0.15, -0.1) is 12.6 Å². The average molecular weight is 175 g/mol. The molecule has 0 fully saturated rings. The Balaban J connectivity index is 2.84. The van der Waals surface area contributed by atoms with Crippen LogP contribution in [-0.4, -0.2) is 4.98 Å². The molecule has 2 aromatic rings. The standard InChI is InChI=1S/C10H9NS/c1-7-4-9-6-11-3-2-8(9)5-10(7)12/h2-6,12H,1H3. The Morgan fingerprint density at radius 2 is 2.08 bits per heavy atom. The van der Waals surface area contributed by atoms with Crippen molar-refractivity contribution in [3.8, 4) is 0 Å². The Morgan fingerprint density at radius 3 is 2.92 bits per heavy atom. The number of aromatic nitrogens is 1. The number of thiol groups is 1. The quantitative estimate of drug-likeness (QED) is 0.607. The average Bonchev–Trinajstić information content (AvgIpc) is 2.07. The van der Waals surface area contributed by atoms with Crippen LogP contribution in [0.3, 0.4) is 0 Å². The van der Waals surface area contributed by atoms with Gasteiger partial charge >= 0.3 is 0 Å². The van der Waals surface area contributed by atoms with Gasteiger partial charge < -0.3 is 0 Å². The van der Waals surface area contributed by atoms with Crippen molar-refractivity contribution in [3.63, 3.8) is 0 Å². The third-order valence-corrected chi connectivity index (χ3v) is 2.44. The minimum atomic E-state index is 1.04. The molecule has 12 heavy (non-hydrogen) atoms. The summed E-state index contributed by atoms with van der Waals surface area (Å²) < 4.78 is 0. The molecule has 0 atom stereocenters. The second-order valence-electron chi connectivity index (χ2n) is 2.86. The Morgan fingerprint density at radius 1 is 1.25 bits per heavy atom. The summed E-state index contributed by atoms with van der Waals surface area (Å²) >= 11 is 4.35. The van der Waals surface area contributed by atoms with E-state index < -0.39 is 0 Å². The number of aryl methyl sites for hydroxylation is 1. The molecule has 0 saturated carbocycles. The first-order valence-electron chi connectivity index (χ1n) is 3.81. The second kappa shape index (κ2) is 2.79. The highest BCUT2D eigenvalue weighted by Crippen LogP contribution is 2.20. The summed E-state index contributed by atoms with van der Waals surface area (Å²) in [4.78, 5) is 5.09. The fourth-order valence-electron chi connectivity index (χ4n) is 1.24. The summed E-state index contributed by atoms with van der Waals surface area (Å²) in [6.45, 7) is 2.05. The molecule has 0 spiro atoms. The topological polar surface area (TPSA) is 12.9 Å². The van der Waals surface area contributed by atoms with Gasteiger partial charge in [-0.3, -0.25) is 4.98 Å². The van der Waals surface area contributed by atoms with Crippen molar-refractivity contribution in [3.05, 3.63) is 36.2 Å². The maximum absolute atomic E-state index is 4.35. The van der Waals surface area contributed by atoms with Crippen molar-refractivity contribution in [2.75, 3.05) is 0 Å². The predicted octanol–water partition coefficient (Wildman–Crippen LogP) is 2.83. The minimum Gasteiger partial charge on any atom is -0.264 e. The molecule has 0 bridgehead atoms. The van der Waals surface area contributed by atoms with Gasteiger partial charge in [-0.05, 0) is 36.1 Å². The predicted molar refractivity (Wildman–Crippen MR) is 53.7 cm³/mol. The summed E-state index contributed by atoms with van der Waals surface area (Å²) in [7, 11) is 0. The zero-order valence-electron chi connectivity index (χ0n) is 6.78. The molecule has 0 aliphatic heterocycles. The van der Waals surface area contributed by atoms with Gasteiger partial charge in [0, 0.05) is 22.7 Å². The number of hydrogen-bond acceptors (Lipinski definition) is 2. The molecule has 0 N–H and O–H groups in total. The highest BCUT2D eigenvalue weighted by Gasteiger charge is 1.96. The van der Waals surface area contributed by atoms with E-state index in [2.05, 4.69) is 36.7 Å². The van der Waals surface area contributed by atoms with Crippen LogP contribution in [0.25, 0.3) is 10.8 Å². The maximum atomic E-state index is 4.35. The molecule has 60 valence electrons. The highest BCUT2D eigenvalue weighted by atomic mass is 32.1. The van der Waals surface area contributed by atoms with Crippen LogP contribution in [0.15, 0.2) is 35.5 Å². The highest BCUT2D eigenvalue weighted by molar-refractivity contribution is 7.80. The van der Waals surface area contributed by atoms with Crippen LogP contribution in [0, 0.1) is 6.92 Å². The zero-order chi connectivity index (χ0) is 8.55. The molecule has 0 saturated heterocycles. The minimum absolute atomic E-state index is 1.04. The van der Waals surface area contributed by atoms with E-state index in [4.69, 9.17) is 0 Å². The van der Waals surface area contributed by atoms with Gasteiger partial charge in [0.1, 0.15) is 0 Å². The lowest BCUT2D eigenvalue weighted by molar-refractivity contribution is 1.31. The molecule has 0 radical (unpaired) electrons. The number of pyridine rings is 1. The SMILES string of the molecule is Cc1cc2cnccc2cc1S. The molecule has 0 aliphatic rings. The molecule has 0 amide bonds. The number of nitrogens with zero attached hydrogens (tertiary/aromatic N) is 1. The molecule has 1 nitrogen and oxygen atoms in total. The summed E-state index contributed by atoms with van der Waals surface area (Å²) in [5, 5.41) is 2.37. The fraction of sp³-hybridized carbons (Fsp3) is 0.100. The molecular formula is C10H9NS. The normalized spacial score (nSPS) is 10.5. The Kier molecular flexibility index (Phi) is 1.77. The van der Waals surface area contributed by atoms with E-state index in [0.717, 1.165) is 4.90 Å². The lowest BCUT2D eigenvalue weighted by Gasteiger charge is -2.01. The van der Waals surface area contributed by atoms with Crippen molar-refractivity contribution in [1.29, 1.82) is 0 Å². The molecule has 2 heteroatoms. The van der Waals surface area contributed by atoms with E-state index in [1.165, 1.54) is 16.3 Å². The number of rotatable bonds is 0. The van der Waals surface area contributed by atoms with Crippen LogP contribution in [0.4, 0.5) is 0 Å². The van der Waals surface area contributed by atoms with Crippen molar-refractivity contribution >= 4 is 23.4 Å². The summed E-state index contributed by atoms with van der Waals surface area (Å²) in [5.41, 5.74) is 1.19.